The van der Waals surface area contributed by atoms with Gasteiger partial charge in [-0.3, -0.25) is 14.3 Å². The first kappa shape index (κ1) is 31.3. The molecular weight excluding hydrogens is 565 g/mol. The summed E-state index contributed by atoms with van der Waals surface area (Å²) >= 11 is 1.30. The summed E-state index contributed by atoms with van der Waals surface area (Å²) in [6.45, 7) is 7.14. The molecule has 3 rings (SSSR count). The van der Waals surface area contributed by atoms with Crippen molar-refractivity contribution in [2.45, 2.75) is 62.9 Å². The molecule has 2 aromatic heterocycles. The number of rotatable bonds is 12. The second kappa shape index (κ2) is 12.5. The van der Waals surface area contributed by atoms with E-state index in [9.17, 15) is 23.9 Å². The first-order valence-corrected chi connectivity index (χ1v) is 14.6. The molecule has 4 N–H and O–H groups in total. The lowest BCUT2D eigenvalue weighted by Crippen LogP contribution is -2.46. The van der Waals surface area contributed by atoms with Gasteiger partial charge in [0.2, 0.25) is 5.95 Å². The maximum absolute atomic E-state index is 12.6. The lowest BCUT2D eigenvalue weighted by molar-refractivity contribution is -0.319. The summed E-state index contributed by atoms with van der Waals surface area (Å²) in [5.74, 6) is -3.02. The van der Waals surface area contributed by atoms with Crippen molar-refractivity contribution < 1.29 is 42.9 Å². The number of esters is 2. The number of nitrogens with two attached hydrogens (primary N) is 1. The van der Waals surface area contributed by atoms with Crippen molar-refractivity contribution in [1.29, 1.82) is 0 Å². The van der Waals surface area contributed by atoms with E-state index in [-0.39, 0.29) is 12.5 Å². The van der Waals surface area contributed by atoms with E-state index >= 15 is 0 Å². The maximum atomic E-state index is 12.6. The zero-order chi connectivity index (χ0) is 29.8. The highest BCUT2D eigenvalue weighted by Gasteiger charge is 2.59. The highest BCUT2D eigenvalue weighted by Crippen LogP contribution is 2.54. The van der Waals surface area contributed by atoms with Crippen LogP contribution in [0, 0.1) is 11.8 Å². The number of ether oxygens (including phenoxy) is 4. The molecule has 0 aliphatic rings. The van der Waals surface area contributed by atoms with Crippen molar-refractivity contribution in [2.24, 2.45) is 11.8 Å². The van der Waals surface area contributed by atoms with Gasteiger partial charge >= 0.3 is 25.2 Å². The number of methoxy groups -OCH3 is 1. The fourth-order valence-corrected chi connectivity index (χ4v) is 4.82. The predicted molar refractivity (Wildman–Crippen MR) is 144 cm³/mol. The molecule has 40 heavy (non-hydrogen) atoms. The lowest BCUT2D eigenvalue weighted by atomic mass is 10.2. The molecule has 0 fully saturated rings. The van der Waals surface area contributed by atoms with Crippen LogP contribution in [-0.2, 0) is 34.9 Å². The SMILES string of the molecule is COc1ccc(Sc2nc(N)nc3c2ncn3CC(C)OC(OC(=O)C(C)C)(OC(=O)C(C)C)P(=O)(O)O)cc1. The molecule has 1 atom stereocenters. The Balaban J connectivity index is 1.93. The second-order valence-corrected chi connectivity index (χ2v) is 12.1. The van der Waals surface area contributed by atoms with Crippen LogP contribution in [0.4, 0.5) is 5.95 Å². The highest BCUT2D eigenvalue weighted by molar-refractivity contribution is 7.99. The molecule has 3 aromatic rings. The number of hydrogen-bond donors (Lipinski definition) is 3. The molecule has 14 nitrogen and oxygen atoms in total. The van der Waals surface area contributed by atoms with E-state index in [0.29, 0.717) is 21.9 Å². The minimum atomic E-state index is -5.54. The molecule has 0 bridgehead atoms. The molecule has 1 unspecified atom stereocenters. The molecule has 0 radical (unpaired) electrons. The van der Waals surface area contributed by atoms with Gasteiger partial charge in [0.25, 0.3) is 0 Å². The van der Waals surface area contributed by atoms with E-state index in [1.165, 1.54) is 57.3 Å². The standard InChI is InChI=1S/C24H32N5O9PS/c1-13(2)21(30)37-24(39(32,33)34,38-22(31)14(3)4)36-15(5)11-29-12-26-18-19(29)27-23(25)28-20(18)40-17-9-7-16(35-6)8-10-17/h7-10,12-15H,11H2,1-6H3,(H2,25,27,28)(H2,32,33,34). The van der Waals surface area contributed by atoms with Gasteiger partial charge in [-0.05, 0) is 31.2 Å². The number of nitrogens with zero attached hydrogens (tertiary/aromatic N) is 4. The van der Waals surface area contributed by atoms with Gasteiger partial charge in [0.15, 0.2) is 5.65 Å². The van der Waals surface area contributed by atoms with Crippen LogP contribution in [0.15, 0.2) is 40.5 Å². The fourth-order valence-electron chi connectivity index (χ4n) is 3.21. The molecule has 0 amide bonds. The van der Waals surface area contributed by atoms with Crippen molar-refractivity contribution in [3.05, 3.63) is 30.6 Å². The zero-order valence-electron chi connectivity index (χ0n) is 22.8. The monoisotopic (exact) mass is 597 g/mol. The van der Waals surface area contributed by atoms with Crippen molar-refractivity contribution in [2.75, 3.05) is 12.8 Å². The number of aromatic nitrogens is 4. The predicted octanol–water partition coefficient (Wildman–Crippen LogP) is 3.16. The molecule has 2 heterocycles. The number of hydrogen-bond acceptors (Lipinski definition) is 12. The van der Waals surface area contributed by atoms with Crippen LogP contribution >= 0.6 is 19.4 Å². The van der Waals surface area contributed by atoms with E-state index in [1.807, 2.05) is 12.1 Å². The van der Waals surface area contributed by atoms with E-state index in [2.05, 4.69) is 15.0 Å². The number of nitrogen functional groups attached to an aromatic ring is 1. The smallest absolute Gasteiger partial charge is 0.483 e. The summed E-state index contributed by atoms with van der Waals surface area (Å²) in [5, 5.41) is 0.473. The second-order valence-electron chi connectivity index (χ2n) is 9.38. The molecule has 0 saturated heterocycles. The average Bonchev–Trinajstić information content (AvgIpc) is 3.25. The average molecular weight is 598 g/mol. The van der Waals surface area contributed by atoms with Gasteiger partial charge in [-0.1, -0.05) is 39.5 Å². The zero-order valence-corrected chi connectivity index (χ0v) is 24.5. The van der Waals surface area contributed by atoms with E-state index < -0.39 is 43.2 Å². The lowest BCUT2D eigenvalue weighted by Gasteiger charge is -2.34. The molecular formula is C24H32N5O9PS. The quantitative estimate of drug-likeness (QED) is 0.119. The molecule has 218 valence electrons. The van der Waals surface area contributed by atoms with Crippen LogP contribution in [0.25, 0.3) is 11.2 Å². The summed E-state index contributed by atoms with van der Waals surface area (Å²) in [6.07, 6.45) is 0.328. The highest BCUT2D eigenvalue weighted by atomic mass is 32.2. The van der Waals surface area contributed by atoms with Crippen LogP contribution in [-0.4, -0.2) is 60.2 Å². The summed E-state index contributed by atoms with van der Waals surface area (Å²) in [7, 11) is -3.97. The fraction of sp³-hybridized carbons (Fsp3) is 0.458. The number of carbonyl (C=O) groups excluding carboxylic acids is 2. The maximum Gasteiger partial charge on any atom is 0.483 e. The van der Waals surface area contributed by atoms with E-state index in [1.54, 1.807) is 19.2 Å². The largest absolute Gasteiger partial charge is 0.497 e. The summed E-state index contributed by atoms with van der Waals surface area (Å²) in [4.78, 5) is 58.9. The van der Waals surface area contributed by atoms with Crippen LogP contribution in [0.1, 0.15) is 34.6 Å². The van der Waals surface area contributed by atoms with Gasteiger partial charge in [0.1, 0.15) is 16.3 Å². The van der Waals surface area contributed by atoms with Gasteiger partial charge < -0.3 is 34.3 Å². The molecule has 1 aromatic carbocycles. The van der Waals surface area contributed by atoms with Crippen molar-refractivity contribution in [3.8, 4) is 5.75 Å². The Bertz CT molecular complexity index is 1390. The molecule has 0 spiro atoms. The number of imidazole rings is 1. The van der Waals surface area contributed by atoms with Gasteiger partial charge in [0.05, 0.1) is 37.9 Å². The van der Waals surface area contributed by atoms with Crippen molar-refractivity contribution >= 4 is 48.4 Å². The van der Waals surface area contributed by atoms with Gasteiger partial charge in [0, 0.05) is 4.90 Å². The summed E-state index contributed by atoms with van der Waals surface area (Å²) < 4.78 is 34.9. The van der Waals surface area contributed by atoms with Crippen LogP contribution in [0.3, 0.4) is 0 Å². The third-order valence-corrected chi connectivity index (χ3v) is 7.27. The molecule has 0 saturated carbocycles. The van der Waals surface area contributed by atoms with E-state index in [4.69, 9.17) is 24.7 Å². The van der Waals surface area contributed by atoms with Gasteiger partial charge in [-0.2, -0.15) is 4.98 Å². The summed E-state index contributed by atoms with van der Waals surface area (Å²) in [5.41, 5.74) is 3.40. The van der Waals surface area contributed by atoms with Crippen molar-refractivity contribution in [1.82, 2.24) is 19.5 Å². The number of fused-ring (bicyclic) bond motifs is 1. The first-order chi connectivity index (χ1) is 18.7. The minimum Gasteiger partial charge on any atom is -0.497 e. The Morgan fingerprint density at radius 2 is 1.62 bits per heavy atom. The van der Waals surface area contributed by atoms with Crippen LogP contribution in [0.2, 0.25) is 0 Å². The van der Waals surface area contributed by atoms with Crippen LogP contribution < -0.4 is 10.5 Å². The Kier molecular flexibility index (Phi) is 9.80. The molecule has 0 aliphatic heterocycles. The topological polar surface area (TPSA) is 198 Å². The molecule has 0 aliphatic carbocycles. The molecule has 16 heteroatoms. The van der Waals surface area contributed by atoms with E-state index in [0.717, 1.165) is 4.90 Å². The number of anilines is 1. The van der Waals surface area contributed by atoms with Gasteiger partial charge in [-0.25, -0.2) is 14.5 Å². The van der Waals surface area contributed by atoms with Crippen molar-refractivity contribution in [3.63, 3.8) is 0 Å². The van der Waals surface area contributed by atoms with Gasteiger partial charge in [-0.15, -0.1) is 0 Å². The Hall–Kier alpha value is -3.23. The number of carbonyl (C=O) groups is 2. The first-order valence-electron chi connectivity index (χ1n) is 12.1. The normalized spacial score (nSPS) is 13.1. The number of benzene rings is 1. The minimum absolute atomic E-state index is 0.0277. The Labute approximate surface area is 234 Å². The third kappa shape index (κ3) is 7.29. The van der Waals surface area contributed by atoms with Crippen LogP contribution in [0.5, 0.6) is 5.75 Å². The Morgan fingerprint density at radius 1 is 1.05 bits per heavy atom. The third-order valence-electron chi connectivity index (χ3n) is 5.29. The Morgan fingerprint density at radius 3 is 2.12 bits per heavy atom. The summed E-state index contributed by atoms with van der Waals surface area (Å²) in [6, 6.07) is 7.29.